The zero-order valence-corrected chi connectivity index (χ0v) is 10.2. The van der Waals surface area contributed by atoms with Gasteiger partial charge in [-0.15, -0.1) is 0 Å². The first-order valence-electron chi connectivity index (χ1n) is 4.62. The van der Waals surface area contributed by atoms with Gasteiger partial charge in [-0.3, -0.25) is 4.79 Å². The van der Waals surface area contributed by atoms with Crippen molar-refractivity contribution in [3.8, 4) is 0 Å². The van der Waals surface area contributed by atoms with Crippen LogP contribution in [0.3, 0.4) is 0 Å². The van der Waals surface area contributed by atoms with Crippen LogP contribution >= 0.6 is 23.2 Å². The lowest BCUT2D eigenvalue weighted by atomic mass is 10.0. The molecule has 1 aromatic rings. The number of halogens is 2. The molecule has 15 heavy (non-hydrogen) atoms. The molecule has 0 bridgehead atoms. The highest BCUT2D eigenvalue weighted by Crippen LogP contribution is 2.26. The van der Waals surface area contributed by atoms with Crippen LogP contribution in [0.15, 0.2) is 12.1 Å². The predicted molar refractivity (Wildman–Crippen MR) is 61.6 cm³/mol. The van der Waals surface area contributed by atoms with E-state index in [1.54, 1.807) is 12.1 Å². The molecular weight excluding hydrogens is 235 g/mol. The number of rotatable bonds is 3. The van der Waals surface area contributed by atoms with E-state index in [0.29, 0.717) is 10.0 Å². The number of aryl methyl sites for hydroxylation is 1. The molecule has 1 aromatic carbocycles. The first kappa shape index (κ1) is 12.3. The molecule has 0 atom stereocenters. The maximum atomic E-state index is 11.1. The summed E-state index contributed by atoms with van der Waals surface area (Å²) in [4.78, 5) is 11.1. The second kappa shape index (κ2) is 5.38. The van der Waals surface area contributed by atoms with Crippen LogP contribution in [0.25, 0.3) is 0 Å². The minimum atomic E-state index is -0.275. The number of benzene rings is 1. The molecule has 0 saturated carbocycles. The number of methoxy groups -OCH3 is 1. The summed E-state index contributed by atoms with van der Waals surface area (Å²) in [5, 5.41) is 0.981. The molecule has 0 heterocycles. The number of carbonyl (C=O) groups is 1. The minimum absolute atomic E-state index is 0.233. The maximum Gasteiger partial charge on any atom is 0.309 e. The zero-order chi connectivity index (χ0) is 11.4. The van der Waals surface area contributed by atoms with Crippen molar-refractivity contribution in [2.75, 3.05) is 7.11 Å². The molecule has 0 aliphatic rings. The van der Waals surface area contributed by atoms with Gasteiger partial charge in [0, 0.05) is 0 Å². The minimum Gasteiger partial charge on any atom is -0.469 e. The van der Waals surface area contributed by atoms with E-state index in [1.807, 2.05) is 6.92 Å². The Kier molecular flexibility index (Phi) is 4.43. The molecule has 2 nitrogen and oxygen atoms in total. The summed E-state index contributed by atoms with van der Waals surface area (Å²) in [7, 11) is 1.37. The third kappa shape index (κ3) is 3.11. The van der Waals surface area contributed by atoms with E-state index in [9.17, 15) is 4.79 Å². The maximum absolute atomic E-state index is 11.1. The van der Waals surface area contributed by atoms with Crippen LogP contribution < -0.4 is 0 Å². The highest BCUT2D eigenvalue weighted by atomic mass is 35.5. The summed E-state index contributed by atoms with van der Waals surface area (Å²) < 4.78 is 4.61. The summed E-state index contributed by atoms with van der Waals surface area (Å²) >= 11 is 11.8. The second-order valence-electron chi connectivity index (χ2n) is 3.14. The van der Waals surface area contributed by atoms with Crippen molar-refractivity contribution >= 4 is 29.2 Å². The predicted octanol–water partition coefficient (Wildman–Crippen LogP) is 3.27. The van der Waals surface area contributed by atoms with Crippen LogP contribution in [0.4, 0.5) is 0 Å². The quantitative estimate of drug-likeness (QED) is 0.766. The summed E-state index contributed by atoms with van der Waals surface area (Å²) in [5.41, 5.74) is 1.90. The lowest BCUT2D eigenvalue weighted by Gasteiger charge is -2.08. The van der Waals surface area contributed by atoms with Gasteiger partial charge in [0.05, 0.1) is 23.6 Å². The Morgan fingerprint density at radius 2 is 1.80 bits per heavy atom. The molecule has 0 aliphatic heterocycles. The van der Waals surface area contributed by atoms with E-state index in [4.69, 9.17) is 23.2 Å². The number of hydrogen-bond acceptors (Lipinski definition) is 2. The van der Waals surface area contributed by atoms with E-state index < -0.39 is 0 Å². The van der Waals surface area contributed by atoms with E-state index >= 15 is 0 Å². The Labute approximate surface area is 99.1 Å². The van der Waals surface area contributed by atoms with Crippen LogP contribution in [-0.2, 0) is 22.4 Å². The largest absolute Gasteiger partial charge is 0.469 e. The molecule has 0 unspecified atom stereocenters. The van der Waals surface area contributed by atoms with E-state index in [2.05, 4.69) is 4.74 Å². The molecule has 0 N–H and O–H groups in total. The van der Waals surface area contributed by atoms with Crippen molar-refractivity contribution in [2.45, 2.75) is 19.8 Å². The SMILES string of the molecule is CCc1cc(Cl)c(Cl)cc1CC(=O)OC. The first-order valence-corrected chi connectivity index (χ1v) is 5.37. The van der Waals surface area contributed by atoms with Crippen LogP contribution in [0.2, 0.25) is 10.0 Å². The third-order valence-electron chi connectivity index (χ3n) is 2.19. The summed E-state index contributed by atoms with van der Waals surface area (Å²) in [6, 6.07) is 3.52. The monoisotopic (exact) mass is 246 g/mol. The molecule has 4 heteroatoms. The van der Waals surface area contributed by atoms with Crippen molar-refractivity contribution in [3.05, 3.63) is 33.3 Å². The standard InChI is InChI=1S/C11H12Cl2O2/c1-3-7-4-9(12)10(13)5-8(7)6-11(14)15-2/h4-5H,3,6H2,1-2H3. The zero-order valence-electron chi connectivity index (χ0n) is 8.64. The molecule has 82 valence electrons. The number of esters is 1. The van der Waals surface area contributed by atoms with Crippen LogP contribution in [0.1, 0.15) is 18.1 Å². The van der Waals surface area contributed by atoms with Gasteiger partial charge in [-0.05, 0) is 29.7 Å². The molecule has 0 fully saturated rings. The summed E-state index contributed by atoms with van der Waals surface area (Å²) in [6.45, 7) is 2.00. The lowest BCUT2D eigenvalue weighted by Crippen LogP contribution is -2.06. The van der Waals surface area contributed by atoms with Crippen LogP contribution in [0.5, 0.6) is 0 Å². The smallest absolute Gasteiger partial charge is 0.309 e. The topological polar surface area (TPSA) is 26.3 Å². The molecule has 0 amide bonds. The van der Waals surface area contributed by atoms with Gasteiger partial charge in [-0.2, -0.15) is 0 Å². The highest BCUT2D eigenvalue weighted by molar-refractivity contribution is 6.42. The fourth-order valence-electron chi connectivity index (χ4n) is 1.35. The molecule has 0 aromatic heterocycles. The highest BCUT2D eigenvalue weighted by Gasteiger charge is 2.10. The van der Waals surface area contributed by atoms with Gasteiger partial charge in [0.2, 0.25) is 0 Å². The lowest BCUT2D eigenvalue weighted by molar-refractivity contribution is -0.139. The Morgan fingerprint density at radius 1 is 1.27 bits per heavy atom. The van der Waals surface area contributed by atoms with Gasteiger partial charge in [-0.25, -0.2) is 0 Å². The van der Waals surface area contributed by atoms with Crippen molar-refractivity contribution in [3.63, 3.8) is 0 Å². The second-order valence-corrected chi connectivity index (χ2v) is 3.96. The van der Waals surface area contributed by atoms with Crippen molar-refractivity contribution < 1.29 is 9.53 Å². The molecule has 0 saturated heterocycles. The number of hydrogen-bond donors (Lipinski definition) is 0. The average Bonchev–Trinajstić information content (AvgIpc) is 2.22. The fraction of sp³-hybridized carbons (Fsp3) is 0.364. The van der Waals surface area contributed by atoms with Gasteiger partial charge < -0.3 is 4.74 Å². The van der Waals surface area contributed by atoms with Crippen LogP contribution in [0, 0.1) is 0 Å². The summed E-state index contributed by atoms with van der Waals surface area (Å²) in [6.07, 6.45) is 1.04. The first-order chi connectivity index (χ1) is 7.08. The average molecular weight is 247 g/mol. The normalized spacial score (nSPS) is 10.1. The van der Waals surface area contributed by atoms with Crippen molar-refractivity contribution in [1.82, 2.24) is 0 Å². The van der Waals surface area contributed by atoms with Gasteiger partial charge in [0.15, 0.2) is 0 Å². The van der Waals surface area contributed by atoms with Crippen molar-refractivity contribution in [2.24, 2.45) is 0 Å². The summed E-state index contributed by atoms with van der Waals surface area (Å²) in [5.74, 6) is -0.275. The van der Waals surface area contributed by atoms with Crippen LogP contribution in [-0.4, -0.2) is 13.1 Å². The van der Waals surface area contributed by atoms with Gasteiger partial charge >= 0.3 is 5.97 Å². The number of carbonyl (C=O) groups excluding carboxylic acids is 1. The molecule has 0 spiro atoms. The Bertz CT molecular complexity index is 375. The van der Waals surface area contributed by atoms with Gasteiger partial charge in [0.25, 0.3) is 0 Å². The van der Waals surface area contributed by atoms with Gasteiger partial charge in [0.1, 0.15) is 0 Å². The Hall–Kier alpha value is -0.730. The molecule has 1 rings (SSSR count). The molecule has 0 aliphatic carbocycles. The fourth-order valence-corrected chi connectivity index (χ4v) is 1.72. The van der Waals surface area contributed by atoms with Crippen molar-refractivity contribution in [1.29, 1.82) is 0 Å². The van der Waals surface area contributed by atoms with E-state index in [1.165, 1.54) is 7.11 Å². The van der Waals surface area contributed by atoms with E-state index in [-0.39, 0.29) is 12.4 Å². The molecular formula is C11H12Cl2O2. The number of ether oxygens (including phenoxy) is 1. The van der Waals surface area contributed by atoms with E-state index in [0.717, 1.165) is 17.5 Å². The van der Waals surface area contributed by atoms with Gasteiger partial charge in [-0.1, -0.05) is 30.1 Å². The molecule has 0 radical (unpaired) electrons. The Balaban J connectivity index is 3.05. The Morgan fingerprint density at radius 3 is 2.27 bits per heavy atom. The third-order valence-corrected chi connectivity index (χ3v) is 2.91.